The summed E-state index contributed by atoms with van der Waals surface area (Å²) in [6, 6.07) is 6.90. The van der Waals surface area contributed by atoms with E-state index in [1.165, 1.54) is 0 Å². The summed E-state index contributed by atoms with van der Waals surface area (Å²) in [6.07, 6.45) is 0.114. The third-order valence-corrected chi connectivity index (χ3v) is 3.45. The first-order valence-corrected chi connectivity index (χ1v) is 7.02. The lowest BCUT2D eigenvalue weighted by molar-refractivity contribution is -0.149. The molecule has 2 rings (SSSR count). The standard InChI is InChI=1S/C13H15BrN2O4/c14-8-2-1-3-9(6-8)16-13(19)15-7-10-4-5-11(20-10)12(17)18/h1-3,6,10-11H,4-5,7H2,(H,17,18)(H2,15,16,19). The van der Waals surface area contributed by atoms with Crippen molar-refractivity contribution < 1.29 is 19.4 Å². The van der Waals surface area contributed by atoms with Crippen molar-refractivity contribution in [2.75, 3.05) is 11.9 Å². The van der Waals surface area contributed by atoms with Crippen molar-refractivity contribution in [1.29, 1.82) is 0 Å². The van der Waals surface area contributed by atoms with Gasteiger partial charge in [-0.25, -0.2) is 9.59 Å². The number of rotatable bonds is 4. The Hall–Kier alpha value is -1.60. The number of halogens is 1. The van der Waals surface area contributed by atoms with Crippen LogP contribution in [0.1, 0.15) is 12.8 Å². The average Bonchev–Trinajstić information content (AvgIpc) is 2.85. The van der Waals surface area contributed by atoms with Crippen LogP contribution in [0.15, 0.2) is 28.7 Å². The van der Waals surface area contributed by atoms with E-state index in [1.807, 2.05) is 12.1 Å². The molecule has 0 radical (unpaired) electrons. The molecule has 3 N–H and O–H groups in total. The predicted octanol–water partition coefficient (Wildman–Crippen LogP) is 2.20. The highest BCUT2D eigenvalue weighted by atomic mass is 79.9. The number of amides is 2. The first kappa shape index (κ1) is 14.8. The van der Waals surface area contributed by atoms with Gasteiger partial charge in [-0.15, -0.1) is 0 Å². The maximum atomic E-state index is 11.7. The molecule has 1 aliphatic rings. The molecule has 2 amide bonds. The molecule has 108 valence electrons. The summed E-state index contributed by atoms with van der Waals surface area (Å²) in [6.45, 7) is 0.295. The summed E-state index contributed by atoms with van der Waals surface area (Å²) in [5.74, 6) is -0.953. The molecule has 1 aliphatic heterocycles. The molecule has 2 unspecified atom stereocenters. The van der Waals surface area contributed by atoms with E-state index < -0.39 is 12.1 Å². The Morgan fingerprint density at radius 2 is 2.20 bits per heavy atom. The second-order valence-corrected chi connectivity index (χ2v) is 5.42. The molecule has 6 nitrogen and oxygen atoms in total. The molecule has 1 fully saturated rings. The second-order valence-electron chi connectivity index (χ2n) is 4.51. The van der Waals surface area contributed by atoms with Crippen molar-refractivity contribution in [3.8, 4) is 0 Å². The Labute approximate surface area is 124 Å². The van der Waals surface area contributed by atoms with E-state index in [0.717, 1.165) is 4.47 Å². The number of aliphatic carboxylic acids is 1. The minimum Gasteiger partial charge on any atom is -0.479 e. The number of anilines is 1. The molecule has 1 heterocycles. The van der Waals surface area contributed by atoms with Gasteiger partial charge in [-0.2, -0.15) is 0 Å². The van der Waals surface area contributed by atoms with E-state index in [4.69, 9.17) is 9.84 Å². The summed E-state index contributed by atoms with van der Waals surface area (Å²) < 4.78 is 6.17. The van der Waals surface area contributed by atoms with Crippen LogP contribution in [0.4, 0.5) is 10.5 Å². The van der Waals surface area contributed by atoms with Gasteiger partial charge in [-0.3, -0.25) is 0 Å². The van der Waals surface area contributed by atoms with E-state index in [0.29, 0.717) is 25.1 Å². The van der Waals surface area contributed by atoms with E-state index in [-0.39, 0.29) is 12.1 Å². The number of carboxylic acid groups (broad SMARTS) is 1. The fourth-order valence-electron chi connectivity index (χ4n) is 1.99. The Morgan fingerprint density at radius 3 is 2.85 bits per heavy atom. The van der Waals surface area contributed by atoms with Crippen LogP contribution >= 0.6 is 15.9 Å². The number of hydrogen-bond donors (Lipinski definition) is 3. The Bertz CT molecular complexity index is 509. The molecule has 2 atom stereocenters. The van der Waals surface area contributed by atoms with Gasteiger partial charge in [0.05, 0.1) is 6.10 Å². The third kappa shape index (κ3) is 4.21. The first-order chi connectivity index (χ1) is 9.54. The van der Waals surface area contributed by atoms with Crippen LogP contribution in [0.3, 0.4) is 0 Å². The van der Waals surface area contributed by atoms with Crippen LogP contribution in [-0.2, 0) is 9.53 Å². The highest BCUT2D eigenvalue weighted by Crippen LogP contribution is 2.19. The van der Waals surface area contributed by atoms with Crippen LogP contribution in [0.5, 0.6) is 0 Å². The fourth-order valence-corrected chi connectivity index (χ4v) is 2.38. The van der Waals surface area contributed by atoms with Gasteiger partial charge in [0.25, 0.3) is 0 Å². The largest absolute Gasteiger partial charge is 0.479 e. The maximum Gasteiger partial charge on any atom is 0.332 e. The van der Waals surface area contributed by atoms with E-state index in [9.17, 15) is 9.59 Å². The van der Waals surface area contributed by atoms with Gasteiger partial charge >= 0.3 is 12.0 Å². The molecule has 7 heteroatoms. The van der Waals surface area contributed by atoms with Crippen molar-refractivity contribution in [2.45, 2.75) is 25.0 Å². The van der Waals surface area contributed by atoms with Gasteiger partial charge in [0.1, 0.15) is 0 Å². The molecule has 1 saturated heterocycles. The van der Waals surface area contributed by atoms with Gasteiger partial charge in [0, 0.05) is 16.7 Å². The predicted molar refractivity (Wildman–Crippen MR) is 76.7 cm³/mol. The Morgan fingerprint density at radius 1 is 1.40 bits per heavy atom. The number of hydrogen-bond acceptors (Lipinski definition) is 3. The summed E-state index contributed by atoms with van der Waals surface area (Å²) in [5, 5.41) is 14.2. The average molecular weight is 343 g/mol. The van der Waals surface area contributed by atoms with Gasteiger partial charge in [0.15, 0.2) is 6.10 Å². The molecular formula is C13H15BrN2O4. The van der Waals surface area contributed by atoms with E-state index in [2.05, 4.69) is 26.6 Å². The third-order valence-electron chi connectivity index (χ3n) is 2.96. The zero-order chi connectivity index (χ0) is 14.5. The van der Waals surface area contributed by atoms with Gasteiger partial charge in [0.2, 0.25) is 0 Å². The van der Waals surface area contributed by atoms with Crippen molar-refractivity contribution in [1.82, 2.24) is 5.32 Å². The molecule has 20 heavy (non-hydrogen) atoms. The van der Waals surface area contributed by atoms with Crippen LogP contribution in [-0.4, -0.2) is 35.9 Å². The highest BCUT2D eigenvalue weighted by molar-refractivity contribution is 9.10. The smallest absolute Gasteiger partial charge is 0.332 e. The lowest BCUT2D eigenvalue weighted by Gasteiger charge is -2.13. The first-order valence-electron chi connectivity index (χ1n) is 6.23. The number of benzene rings is 1. The normalized spacial score (nSPS) is 21.4. The number of nitrogens with one attached hydrogen (secondary N) is 2. The van der Waals surface area contributed by atoms with Gasteiger partial charge in [-0.05, 0) is 31.0 Å². The topological polar surface area (TPSA) is 87.7 Å². The molecular weight excluding hydrogens is 328 g/mol. The molecule has 0 spiro atoms. The fraction of sp³-hybridized carbons (Fsp3) is 0.385. The summed E-state index contributed by atoms with van der Waals surface area (Å²) in [7, 11) is 0. The van der Waals surface area contributed by atoms with E-state index in [1.54, 1.807) is 12.1 Å². The molecule has 1 aromatic carbocycles. The minimum absolute atomic E-state index is 0.246. The molecule has 1 aromatic rings. The zero-order valence-electron chi connectivity index (χ0n) is 10.6. The van der Waals surface area contributed by atoms with Crippen molar-refractivity contribution in [2.24, 2.45) is 0 Å². The lowest BCUT2D eigenvalue weighted by Crippen LogP contribution is -2.35. The molecule has 0 saturated carbocycles. The maximum absolute atomic E-state index is 11.7. The minimum atomic E-state index is -0.953. The lowest BCUT2D eigenvalue weighted by atomic mass is 10.2. The van der Waals surface area contributed by atoms with Gasteiger partial charge < -0.3 is 20.5 Å². The Kier molecular flexibility index (Phi) is 4.97. The number of carbonyl (C=O) groups is 2. The van der Waals surface area contributed by atoms with Crippen LogP contribution in [0.2, 0.25) is 0 Å². The summed E-state index contributed by atoms with van der Waals surface area (Å²) in [4.78, 5) is 22.4. The molecule has 0 aliphatic carbocycles. The monoisotopic (exact) mass is 342 g/mol. The molecule has 0 aromatic heterocycles. The number of ether oxygens (including phenoxy) is 1. The van der Waals surface area contributed by atoms with Crippen molar-refractivity contribution in [3.05, 3.63) is 28.7 Å². The second kappa shape index (κ2) is 6.71. The number of urea groups is 1. The summed E-state index contributed by atoms with van der Waals surface area (Å²) >= 11 is 3.32. The van der Waals surface area contributed by atoms with Crippen LogP contribution in [0, 0.1) is 0 Å². The van der Waals surface area contributed by atoms with Crippen molar-refractivity contribution in [3.63, 3.8) is 0 Å². The zero-order valence-corrected chi connectivity index (χ0v) is 12.2. The van der Waals surface area contributed by atoms with Crippen LogP contribution < -0.4 is 10.6 Å². The van der Waals surface area contributed by atoms with Crippen molar-refractivity contribution >= 4 is 33.6 Å². The SMILES string of the molecule is O=C(NCC1CCC(C(=O)O)O1)Nc1cccc(Br)c1. The molecule has 0 bridgehead atoms. The van der Waals surface area contributed by atoms with E-state index >= 15 is 0 Å². The van der Waals surface area contributed by atoms with Crippen LogP contribution in [0.25, 0.3) is 0 Å². The number of carboxylic acids is 1. The van der Waals surface area contributed by atoms with Gasteiger partial charge in [-0.1, -0.05) is 22.0 Å². The summed E-state index contributed by atoms with van der Waals surface area (Å²) in [5.41, 5.74) is 0.674. The highest BCUT2D eigenvalue weighted by Gasteiger charge is 2.30. The quantitative estimate of drug-likeness (QED) is 0.782. The Balaban J connectivity index is 1.75. The number of carbonyl (C=O) groups excluding carboxylic acids is 1.